The summed E-state index contributed by atoms with van der Waals surface area (Å²) < 4.78 is 37.4. The molecule has 4 rings (SSSR count). The number of ether oxygens (including phenoxy) is 2. The molecule has 12 heteroatoms. The van der Waals surface area contributed by atoms with Gasteiger partial charge in [-0.15, -0.1) is 23.1 Å². The molecule has 1 aromatic carbocycles. The number of rotatable bonds is 6. The van der Waals surface area contributed by atoms with Crippen molar-refractivity contribution in [1.82, 2.24) is 9.62 Å². The van der Waals surface area contributed by atoms with Crippen molar-refractivity contribution in [3.05, 3.63) is 29.8 Å². The van der Waals surface area contributed by atoms with Gasteiger partial charge in [0.05, 0.1) is 15.6 Å². The zero-order valence-electron chi connectivity index (χ0n) is 16.2. The molecule has 1 N–H and O–H groups in total. The molecule has 30 heavy (non-hydrogen) atoms. The van der Waals surface area contributed by atoms with E-state index in [1.807, 2.05) is 6.07 Å². The number of nitrogens with zero attached hydrogens (tertiary/aromatic N) is 2. The molecule has 0 saturated carbocycles. The number of hydrogen-bond acceptors (Lipinski definition) is 8. The van der Waals surface area contributed by atoms with Gasteiger partial charge in [0, 0.05) is 20.6 Å². The van der Waals surface area contributed by atoms with Crippen molar-refractivity contribution in [1.29, 1.82) is 0 Å². The lowest BCUT2D eigenvalue weighted by molar-refractivity contribution is -0.123. The van der Waals surface area contributed by atoms with Gasteiger partial charge in [0.25, 0.3) is 10.0 Å². The number of carbonyl (C=O) groups excluding carboxylic acids is 2. The van der Waals surface area contributed by atoms with E-state index in [2.05, 4.69) is 5.32 Å². The van der Waals surface area contributed by atoms with Crippen LogP contribution in [0.15, 0.2) is 32.7 Å². The van der Waals surface area contributed by atoms with Gasteiger partial charge in [0.15, 0.2) is 11.5 Å². The van der Waals surface area contributed by atoms with E-state index in [1.165, 1.54) is 36.8 Å². The van der Waals surface area contributed by atoms with Gasteiger partial charge < -0.3 is 19.7 Å². The molecule has 2 aromatic rings. The molecule has 160 valence electrons. The first-order valence-corrected chi connectivity index (χ1v) is 12.1. The standard InChI is InChI=1S/C18H19N3O6S3/c1-20(2)30(24,25)17-6-12-18(29-17)28-9-16(23)21(12)8-15(22)19-7-11-3-4-13-14(5-11)27-10-26-13/h3-6H,7-10H2,1-2H3,(H,19,22). The lowest BCUT2D eigenvalue weighted by Gasteiger charge is -2.25. The fraction of sp³-hybridized carbons (Fsp3) is 0.333. The van der Waals surface area contributed by atoms with Crippen molar-refractivity contribution >= 4 is 50.6 Å². The van der Waals surface area contributed by atoms with Crippen molar-refractivity contribution in [3.63, 3.8) is 0 Å². The summed E-state index contributed by atoms with van der Waals surface area (Å²) in [5.41, 5.74) is 1.30. The van der Waals surface area contributed by atoms with E-state index in [4.69, 9.17) is 9.47 Å². The van der Waals surface area contributed by atoms with Gasteiger partial charge in [-0.2, -0.15) is 0 Å². The molecule has 2 aliphatic rings. The fourth-order valence-electron chi connectivity index (χ4n) is 2.91. The minimum Gasteiger partial charge on any atom is -0.454 e. The van der Waals surface area contributed by atoms with Crippen molar-refractivity contribution in [2.45, 2.75) is 15.0 Å². The Hall–Kier alpha value is -2.28. The molecule has 0 bridgehead atoms. The van der Waals surface area contributed by atoms with Crippen LogP contribution < -0.4 is 19.7 Å². The lowest BCUT2D eigenvalue weighted by Crippen LogP contribution is -2.42. The first-order chi connectivity index (χ1) is 14.3. The molecule has 1 aromatic heterocycles. The van der Waals surface area contributed by atoms with E-state index in [0.29, 0.717) is 21.4 Å². The van der Waals surface area contributed by atoms with Crippen LogP contribution in [0.1, 0.15) is 5.56 Å². The third kappa shape index (κ3) is 4.00. The number of nitrogens with one attached hydrogen (secondary N) is 1. The summed E-state index contributed by atoms with van der Waals surface area (Å²) in [6.07, 6.45) is 0. The molecule has 0 saturated heterocycles. The number of sulfonamides is 1. The average molecular weight is 470 g/mol. The number of hydrogen-bond donors (Lipinski definition) is 1. The second-order valence-corrected chi connectivity index (χ2v) is 11.4. The Labute approximate surface area is 182 Å². The highest BCUT2D eigenvalue weighted by molar-refractivity contribution is 8.02. The van der Waals surface area contributed by atoms with Crippen molar-refractivity contribution in [2.24, 2.45) is 0 Å². The summed E-state index contributed by atoms with van der Waals surface area (Å²) in [4.78, 5) is 26.3. The van der Waals surface area contributed by atoms with Crippen LogP contribution in [0.2, 0.25) is 0 Å². The largest absolute Gasteiger partial charge is 0.454 e. The van der Waals surface area contributed by atoms with Crippen LogP contribution in [0.3, 0.4) is 0 Å². The second-order valence-electron chi connectivity index (χ2n) is 6.76. The van der Waals surface area contributed by atoms with Crippen LogP contribution in [0.25, 0.3) is 0 Å². The van der Waals surface area contributed by atoms with Crippen LogP contribution in [0.4, 0.5) is 5.69 Å². The van der Waals surface area contributed by atoms with Gasteiger partial charge in [0.2, 0.25) is 18.6 Å². The number of benzene rings is 1. The molecule has 0 radical (unpaired) electrons. The maximum Gasteiger partial charge on any atom is 0.252 e. The zero-order chi connectivity index (χ0) is 21.5. The predicted octanol–water partition coefficient (Wildman–Crippen LogP) is 1.48. The Morgan fingerprint density at radius 3 is 2.77 bits per heavy atom. The van der Waals surface area contributed by atoms with Gasteiger partial charge in [-0.1, -0.05) is 6.07 Å². The van der Waals surface area contributed by atoms with E-state index in [0.717, 1.165) is 21.2 Å². The third-order valence-corrected chi connectivity index (χ3v) is 9.19. The molecule has 0 aliphatic carbocycles. The Kier molecular flexibility index (Phi) is 5.66. The molecule has 0 atom stereocenters. The maximum absolute atomic E-state index is 12.5. The van der Waals surface area contributed by atoms with Gasteiger partial charge in [0.1, 0.15) is 10.8 Å². The predicted molar refractivity (Wildman–Crippen MR) is 113 cm³/mol. The summed E-state index contributed by atoms with van der Waals surface area (Å²) >= 11 is 2.39. The van der Waals surface area contributed by atoms with E-state index < -0.39 is 10.0 Å². The quantitative estimate of drug-likeness (QED) is 0.683. The molecule has 2 aliphatic heterocycles. The number of carbonyl (C=O) groups is 2. The van der Waals surface area contributed by atoms with Gasteiger partial charge in [-0.25, -0.2) is 12.7 Å². The van der Waals surface area contributed by atoms with E-state index >= 15 is 0 Å². The fourth-order valence-corrected chi connectivity index (χ4v) is 6.84. The van der Waals surface area contributed by atoms with Crippen LogP contribution in [-0.2, 0) is 26.2 Å². The average Bonchev–Trinajstić information content (AvgIpc) is 3.35. The van der Waals surface area contributed by atoms with Gasteiger partial charge in [-0.3, -0.25) is 9.59 Å². The molecular weight excluding hydrogens is 450 g/mol. The summed E-state index contributed by atoms with van der Waals surface area (Å²) in [7, 11) is -0.710. The number of anilines is 1. The normalized spacial score (nSPS) is 15.4. The first kappa shape index (κ1) is 21.0. The van der Waals surface area contributed by atoms with Crippen LogP contribution in [-0.4, -0.2) is 57.7 Å². The molecule has 9 nitrogen and oxygen atoms in total. The SMILES string of the molecule is CN(C)S(=O)(=O)c1cc2c(s1)SCC(=O)N2CC(=O)NCc1ccc2c(c1)OCO2. The molecule has 2 amide bonds. The van der Waals surface area contributed by atoms with Crippen LogP contribution >= 0.6 is 23.1 Å². The van der Waals surface area contributed by atoms with Gasteiger partial charge in [-0.05, 0) is 23.8 Å². The number of fused-ring (bicyclic) bond motifs is 2. The minimum absolute atomic E-state index is 0.144. The third-order valence-electron chi connectivity index (χ3n) is 4.54. The monoisotopic (exact) mass is 469 g/mol. The Morgan fingerprint density at radius 1 is 1.23 bits per heavy atom. The molecule has 0 fully saturated rings. The highest BCUT2D eigenvalue weighted by atomic mass is 32.3. The highest BCUT2D eigenvalue weighted by Gasteiger charge is 2.32. The van der Waals surface area contributed by atoms with E-state index in [9.17, 15) is 18.0 Å². The highest BCUT2D eigenvalue weighted by Crippen LogP contribution is 2.44. The van der Waals surface area contributed by atoms with Crippen molar-refractivity contribution in [3.8, 4) is 11.5 Å². The van der Waals surface area contributed by atoms with E-state index in [1.54, 1.807) is 12.1 Å². The Morgan fingerprint density at radius 2 is 2.00 bits per heavy atom. The Balaban J connectivity index is 1.46. The van der Waals surface area contributed by atoms with E-state index in [-0.39, 0.29) is 41.7 Å². The smallest absolute Gasteiger partial charge is 0.252 e. The number of thiophene rings is 1. The van der Waals surface area contributed by atoms with Gasteiger partial charge >= 0.3 is 0 Å². The summed E-state index contributed by atoms with van der Waals surface area (Å²) in [5.74, 6) is 0.863. The van der Waals surface area contributed by atoms with Crippen LogP contribution in [0.5, 0.6) is 11.5 Å². The topological polar surface area (TPSA) is 105 Å². The minimum atomic E-state index is -3.61. The zero-order valence-corrected chi connectivity index (χ0v) is 18.7. The Bertz CT molecular complexity index is 1110. The molecule has 0 unspecified atom stereocenters. The number of thioether (sulfide) groups is 1. The summed E-state index contributed by atoms with van der Waals surface area (Å²) in [5, 5.41) is 2.78. The maximum atomic E-state index is 12.5. The molecular formula is C18H19N3O6S3. The van der Waals surface area contributed by atoms with Crippen LogP contribution in [0, 0.1) is 0 Å². The second kappa shape index (κ2) is 8.10. The van der Waals surface area contributed by atoms with Crippen molar-refractivity contribution < 1.29 is 27.5 Å². The summed E-state index contributed by atoms with van der Waals surface area (Å²) in [6.45, 7) is 0.257. The summed E-state index contributed by atoms with van der Waals surface area (Å²) in [6, 6.07) is 6.86. The molecule has 3 heterocycles. The number of amides is 2. The molecule has 0 spiro atoms. The lowest BCUT2D eigenvalue weighted by atomic mass is 10.2. The van der Waals surface area contributed by atoms with Crippen molar-refractivity contribution in [2.75, 3.05) is 38.1 Å². The first-order valence-electron chi connectivity index (χ1n) is 8.90.